The summed E-state index contributed by atoms with van der Waals surface area (Å²) in [5, 5.41) is 0.766. The molecular weight excluding hydrogens is 140 g/mol. The van der Waals surface area contributed by atoms with E-state index >= 15 is 0 Å². The maximum Gasteiger partial charge on any atom is 0.0645 e. The molecule has 0 atom stereocenters. The minimum atomic E-state index is 0.714. The van der Waals surface area contributed by atoms with Crippen LogP contribution in [0.2, 0.25) is 0 Å². The van der Waals surface area contributed by atoms with Crippen molar-refractivity contribution in [1.29, 1.82) is 0 Å². The molecule has 1 heteroatoms. The lowest BCUT2D eigenvalue weighted by Crippen LogP contribution is -1.56. The van der Waals surface area contributed by atoms with Crippen molar-refractivity contribution >= 4 is 15.9 Å². The van der Waals surface area contributed by atoms with Gasteiger partial charge in [0.1, 0.15) is 0 Å². The average Bonchev–Trinajstić information content (AvgIpc) is 1.61. The molecule has 0 rings (SSSR count). The van der Waals surface area contributed by atoms with E-state index in [2.05, 4.69) is 34.7 Å². The van der Waals surface area contributed by atoms with Crippen molar-refractivity contribution in [2.24, 2.45) is 0 Å². The first-order chi connectivity index (χ1) is 2.91. The van der Waals surface area contributed by atoms with Gasteiger partial charge in [-0.05, 0) is 6.92 Å². The van der Waals surface area contributed by atoms with Crippen LogP contribution in [0.1, 0.15) is 6.42 Å². The van der Waals surface area contributed by atoms with Gasteiger partial charge in [-0.15, -0.1) is 5.92 Å². The highest BCUT2D eigenvalue weighted by molar-refractivity contribution is 9.09. The second kappa shape index (κ2) is 5.04. The van der Waals surface area contributed by atoms with E-state index in [9.17, 15) is 0 Å². The molecule has 1 radical (unpaired) electrons. The number of alkyl halides is 1. The van der Waals surface area contributed by atoms with Crippen LogP contribution in [0.25, 0.3) is 0 Å². The van der Waals surface area contributed by atoms with Crippen LogP contribution in [0, 0.1) is 18.8 Å². The molecule has 0 spiro atoms. The van der Waals surface area contributed by atoms with Crippen LogP contribution < -0.4 is 0 Å². The van der Waals surface area contributed by atoms with E-state index in [4.69, 9.17) is 0 Å². The first-order valence-electron chi connectivity index (χ1n) is 1.72. The quantitative estimate of drug-likeness (QED) is 0.359. The SMILES string of the molecule is [CH2]CC#CCBr. The minimum absolute atomic E-state index is 0.714. The molecule has 0 aliphatic carbocycles. The predicted molar refractivity (Wildman–Crippen MR) is 31.5 cm³/mol. The molecule has 0 aromatic heterocycles. The van der Waals surface area contributed by atoms with Gasteiger partial charge in [0.15, 0.2) is 0 Å². The molecule has 0 N–H and O–H groups in total. The van der Waals surface area contributed by atoms with Gasteiger partial charge in [-0.3, -0.25) is 0 Å². The van der Waals surface area contributed by atoms with Gasteiger partial charge in [-0.2, -0.15) is 0 Å². The number of rotatable bonds is 0. The number of halogens is 1. The summed E-state index contributed by atoms with van der Waals surface area (Å²) in [5.74, 6) is 5.59. The molecule has 0 saturated carbocycles. The second-order valence-electron chi connectivity index (χ2n) is 0.737. The van der Waals surface area contributed by atoms with Crippen LogP contribution in [0.15, 0.2) is 0 Å². The molecule has 0 bridgehead atoms. The second-order valence-corrected chi connectivity index (χ2v) is 1.30. The van der Waals surface area contributed by atoms with Crippen molar-refractivity contribution in [2.45, 2.75) is 6.42 Å². The summed E-state index contributed by atoms with van der Waals surface area (Å²) in [7, 11) is 0. The number of hydrogen-bond donors (Lipinski definition) is 0. The zero-order chi connectivity index (χ0) is 4.83. The van der Waals surface area contributed by atoms with E-state index in [1.807, 2.05) is 0 Å². The van der Waals surface area contributed by atoms with Crippen LogP contribution >= 0.6 is 15.9 Å². The monoisotopic (exact) mass is 145 g/mol. The topological polar surface area (TPSA) is 0 Å². The van der Waals surface area contributed by atoms with Crippen molar-refractivity contribution in [1.82, 2.24) is 0 Å². The van der Waals surface area contributed by atoms with E-state index in [1.54, 1.807) is 0 Å². The maximum absolute atomic E-state index is 3.53. The van der Waals surface area contributed by atoms with Crippen molar-refractivity contribution < 1.29 is 0 Å². The van der Waals surface area contributed by atoms with E-state index in [1.165, 1.54) is 0 Å². The Labute approximate surface area is 47.1 Å². The fourth-order valence-corrected chi connectivity index (χ4v) is 0.334. The predicted octanol–water partition coefficient (Wildman–Crippen LogP) is 1.61. The van der Waals surface area contributed by atoms with Crippen LogP contribution in [0.4, 0.5) is 0 Å². The molecule has 0 aliphatic heterocycles. The summed E-state index contributed by atoms with van der Waals surface area (Å²) in [6, 6.07) is 0. The molecule has 0 heterocycles. The third-order valence-electron chi connectivity index (χ3n) is 0.317. The lowest BCUT2D eigenvalue weighted by atomic mass is 10.5. The Kier molecular flexibility index (Phi) is 5.07. The van der Waals surface area contributed by atoms with Gasteiger partial charge in [0, 0.05) is 6.42 Å². The minimum Gasteiger partial charge on any atom is -0.102 e. The first kappa shape index (κ1) is 6.04. The molecule has 0 amide bonds. The van der Waals surface area contributed by atoms with Gasteiger partial charge >= 0.3 is 0 Å². The highest BCUT2D eigenvalue weighted by Crippen LogP contribution is 1.73. The van der Waals surface area contributed by atoms with E-state index < -0.39 is 0 Å². The van der Waals surface area contributed by atoms with Gasteiger partial charge in [0.05, 0.1) is 5.33 Å². The van der Waals surface area contributed by atoms with Gasteiger partial charge in [0.2, 0.25) is 0 Å². The summed E-state index contributed by atoms with van der Waals surface area (Å²) in [6.45, 7) is 3.53. The van der Waals surface area contributed by atoms with Crippen molar-refractivity contribution in [3.63, 3.8) is 0 Å². The fraction of sp³-hybridized carbons (Fsp3) is 0.400. The molecule has 0 fully saturated rings. The molecule has 0 aromatic rings. The largest absolute Gasteiger partial charge is 0.102 e. The smallest absolute Gasteiger partial charge is 0.0645 e. The summed E-state index contributed by atoms with van der Waals surface area (Å²) < 4.78 is 0. The summed E-state index contributed by atoms with van der Waals surface area (Å²) in [6.07, 6.45) is 0.714. The third kappa shape index (κ3) is 4.04. The molecule has 0 aromatic carbocycles. The third-order valence-corrected chi connectivity index (χ3v) is 0.597. The fourth-order valence-electron chi connectivity index (χ4n) is 0.136. The van der Waals surface area contributed by atoms with Crippen LogP contribution in [-0.2, 0) is 0 Å². The van der Waals surface area contributed by atoms with Crippen molar-refractivity contribution in [3.05, 3.63) is 6.92 Å². The molecule has 0 nitrogen and oxygen atoms in total. The van der Waals surface area contributed by atoms with E-state index in [0.29, 0.717) is 6.42 Å². The van der Waals surface area contributed by atoms with E-state index in [0.717, 1.165) is 5.33 Å². The van der Waals surface area contributed by atoms with E-state index in [-0.39, 0.29) is 0 Å². The first-order valence-corrected chi connectivity index (χ1v) is 2.85. The zero-order valence-corrected chi connectivity index (χ0v) is 5.09. The lowest BCUT2D eigenvalue weighted by molar-refractivity contribution is 1.48. The lowest BCUT2D eigenvalue weighted by Gasteiger charge is -1.64. The normalized spacial score (nSPS) is 6.33. The Bertz CT molecular complexity index is 57.7. The van der Waals surface area contributed by atoms with Crippen LogP contribution in [0.5, 0.6) is 0 Å². The molecule has 0 saturated heterocycles. The Morgan fingerprint density at radius 2 is 2.17 bits per heavy atom. The van der Waals surface area contributed by atoms with Gasteiger partial charge in [-0.25, -0.2) is 0 Å². The standard InChI is InChI=1S/C5H6Br/c1-2-3-4-5-6/h1-2,5H2. The Hall–Kier alpha value is 0.0400. The molecule has 0 unspecified atom stereocenters. The van der Waals surface area contributed by atoms with Crippen molar-refractivity contribution in [2.75, 3.05) is 5.33 Å². The maximum atomic E-state index is 3.53. The molecule has 33 valence electrons. The number of hydrogen-bond acceptors (Lipinski definition) is 0. The summed E-state index contributed by atoms with van der Waals surface area (Å²) >= 11 is 3.15. The van der Waals surface area contributed by atoms with Crippen LogP contribution in [-0.4, -0.2) is 5.33 Å². The Balaban J connectivity index is 2.90. The van der Waals surface area contributed by atoms with Crippen molar-refractivity contribution in [3.8, 4) is 11.8 Å². The molecule has 6 heavy (non-hydrogen) atoms. The van der Waals surface area contributed by atoms with Gasteiger partial charge < -0.3 is 0 Å². The molecule has 0 aliphatic rings. The Morgan fingerprint density at radius 1 is 1.50 bits per heavy atom. The highest BCUT2D eigenvalue weighted by atomic mass is 79.9. The van der Waals surface area contributed by atoms with Gasteiger partial charge in [0.25, 0.3) is 0 Å². The zero-order valence-electron chi connectivity index (χ0n) is 3.50. The summed E-state index contributed by atoms with van der Waals surface area (Å²) in [4.78, 5) is 0. The average molecular weight is 146 g/mol. The summed E-state index contributed by atoms with van der Waals surface area (Å²) in [5.41, 5.74) is 0. The molecular formula is C5H6Br. The Morgan fingerprint density at radius 3 is 2.33 bits per heavy atom. The van der Waals surface area contributed by atoms with Crippen LogP contribution in [0.3, 0.4) is 0 Å². The highest BCUT2D eigenvalue weighted by Gasteiger charge is 1.57. The van der Waals surface area contributed by atoms with Gasteiger partial charge in [-0.1, -0.05) is 21.9 Å².